The number of aryl methyl sites for hydroxylation is 1. The van der Waals surface area contributed by atoms with Crippen LogP contribution in [0.2, 0.25) is 0 Å². The van der Waals surface area contributed by atoms with Crippen LogP contribution >= 0.6 is 0 Å². The summed E-state index contributed by atoms with van der Waals surface area (Å²) >= 11 is 0. The van der Waals surface area contributed by atoms with Gasteiger partial charge >= 0.3 is 0 Å². The van der Waals surface area contributed by atoms with E-state index in [1.807, 2.05) is 43.3 Å². The lowest BCUT2D eigenvalue weighted by molar-refractivity contribution is -0.120. The highest BCUT2D eigenvalue weighted by Gasteiger charge is 2.27. The molecule has 33 heavy (non-hydrogen) atoms. The third-order valence-electron chi connectivity index (χ3n) is 5.73. The molecule has 0 heterocycles. The third-order valence-corrected chi connectivity index (χ3v) is 7.52. The summed E-state index contributed by atoms with van der Waals surface area (Å²) in [6, 6.07) is 23.4. The van der Waals surface area contributed by atoms with Crippen LogP contribution in [-0.4, -0.2) is 20.9 Å². The van der Waals surface area contributed by atoms with Gasteiger partial charge in [-0.3, -0.25) is 9.10 Å². The first-order valence-electron chi connectivity index (χ1n) is 11.3. The number of nitrogens with one attached hydrogen (secondary N) is 1. The van der Waals surface area contributed by atoms with Crippen molar-refractivity contribution < 1.29 is 13.2 Å². The Bertz CT molecular complexity index is 1160. The highest BCUT2D eigenvalue weighted by Crippen LogP contribution is 2.26. The first-order valence-corrected chi connectivity index (χ1v) is 12.7. The molecule has 1 N–H and O–H groups in total. The van der Waals surface area contributed by atoms with Crippen LogP contribution in [0.5, 0.6) is 0 Å². The maximum absolute atomic E-state index is 13.5. The van der Waals surface area contributed by atoms with E-state index in [4.69, 9.17) is 0 Å². The van der Waals surface area contributed by atoms with Gasteiger partial charge < -0.3 is 5.32 Å². The number of hydrogen-bond acceptors (Lipinski definition) is 3. The zero-order valence-corrected chi connectivity index (χ0v) is 20.5. The Hall–Kier alpha value is -3.12. The summed E-state index contributed by atoms with van der Waals surface area (Å²) in [6.45, 7) is 7.84. The Morgan fingerprint density at radius 3 is 1.97 bits per heavy atom. The third kappa shape index (κ3) is 6.02. The van der Waals surface area contributed by atoms with Crippen LogP contribution in [0.4, 0.5) is 5.69 Å². The molecule has 0 saturated carbocycles. The zero-order valence-electron chi connectivity index (χ0n) is 19.7. The maximum Gasteiger partial charge on any atom is 0.264 e. The summed E-state index contributed by atoms with van der Waals surface area (Å²) in [5.41, 5.74) is 3.75. The lowest BCUT2D eigenvalue weighted by Crippen LogP contribution is -2.41. The Kier molecular flexibility index (Phi) is 7.92. The second kappa shape index (κ2) is 10.7. The van der Waals surface area contributed by atoms with Crippen LogP contribution in [0.3, 0.4) is 0 Å². The molecule has 0 aliphatic rings. The fourth-order valence-electron chi connectivity index (χ4n) is 3.60. The molecule has 0 aliphatic carbocycles. The summed E-state index contributed by atoms with van der Waals surface area (Å²) in [7, 11) is -3.92. The van der Waals surface area contributed by atoms with Crippen molar-refractivity contribution in [2.45, 2.75) is 51.0 Å². The molecule has 3 rings (SSSR count). The fraction of sp³-hybridized carbons (Fsp3) is 0.296. The van der Waals surface area contributed by atoms with Crippen molar-refractivity contribution in [3.05, 3.63) is 95.6 Å². The molecule has 1 amide bonds. The maximum atomic E-state index is 13.5. The number of sulfonamides is 1. The molecule has 0 spiro atoms. The predicted octanol–water partition coefficient (Wildman–Crippen LogP) is 5.45. The van der Waals surface area contributed by atoms with Gasteiger partial charge in [0.15, 0.2) is 0 Å². The van der Waals surface area contributed by atoms with Gasteiger partial charge in [0.1, 0.15) is 6.54 Å². The first kappa shape index (κ1) is 24.5. The van der Waals surface area contributed by atoms with E-state index in [-0.39, 0.29) is 23.4 Å². The average Bonchev–Trinajstić information content (AvgIpc) is 2.83. The number of carbonyl (C=O) groups excluding carboxylic acids is 1. The highest BCUT2D eigenvalue weighted by atomic mass is 32.2. The van der Waals surface area contributed by atoms with E-state index in [1.165, 1.54) is 9.87 Å². The van der Waals surface area contributed by atoms with E-state index < -0.39 is 10.0 Å². The van der Waals surface area contributed by atoms with Gasteiger partial charge in [-0.2, -0.15) is 0 Å². The van der Waals surface area contributed by atoms with E-state index in [0.29, 0.717) is 11.6 Å². The minimum absolute atomic E-state index is 0.147. The van der Waals surface area contributed by atoms with Crippen molar-refractivity contribution in [3.63, 3.8) is 0 Å². The van der Waals surface area contributed by atoms with Crippen molar-refractivity contribution in [2.24, 2.45) is 0 Å². The van der Waals surface area contributed by atoms with Gasteiger partial charge in [-0.25, -0.2) is 8.42 Å². The van der Waals surface area contributed by atoms with Gasteiger partial charge in [0.2, 0.25) is 5.91 Å². The number of hydrogen-bond donors (Lipinski definition) is 1. The number of benzene rings is 3. The molecule has 5 nitrogen and oxygen atoms in total. The summed E-state index contributed by atoms with van der Waals surface area (Å²) in [5.74, 6) is -0.0454. The van der Waals surface area contributed by atoms with Crippen LogP contribution in [0.1, 0.15) is 56.3 Å². The van der Waals surface area contributed by atoms with Gasteiger partial charge in [0.25, 0.3) is 10.0 Å². The number of anilines is 1. The van der Waals surface area contributed by atoms with Crippen LogP contribution in [0.15, 0.2) is 83.8 Å². The minimum atomic E-state index is -3.92. The van der Waals surface area contributed by atoms with E-state index >= 15 is 0 Å². The SMILES string of the molecule is CCc1ccc([C@H](C)NC(=O)CN(c2ccc(C(C)C)cc2)S(=O)(=O)c2ccccc2)cc1. The van der Waals surface area contributed by atoms with E-state index in [0.717, 1.165) is 17.5 Å². The van der Waals surface area contributed by atoms with Crippen LogP contribution in [0, 0.1) is 0 Å². The first-order chi connectivity index (χ1) is 15.7. The van der Waals surface area contributed by atoms with Crippen molar-refractivity contribution in [1.29, 1.82) is 0 Å². The Morgan fingerprint density at radius 1 is 0.848 bits per heavy atom. The summed E-state index contributed by atoms with van der Waals surface area (Å²) in [4.78, 5) is 13.1. The standard InChI is InChI=1S/C27H32N2O3S/c1-5-22-11-13-24(14-12-22)21(4)28-27(30)19-29(25-17-15-23(16-18-25)20(2)3)33(31,32)26-9-7-6-8-10-26/h6-18,20-21H,5,19H2,1-4H3,(H,28,30)/t21-/m0/s1. The number of rotatable bonds is 9. The molecule has 3 aromatic carbocycles. The summed E-state index contributed by atoms with van der Waals surface area (Å²) in [6.07, 6.45) is 0.947. The normalized spacial score (nSPS) is 12.4. The lowest BCUT2D eigenvalue weighted by Gasteiger charge is -2.25. The summed E-state index contributed by atoms with van der Waals surface area (Å²) in [5, 5.41) is 2.94. The van der Waals surface area contributed by atoms with E-state index in [2.05, 4.69) is 26.1 Å². The number of amides is 1. The Morgan fingerprint density at radius 2 is 1.42 bits per heavy atom. The topological polar surface area (TPSA) is 66.5 Å². The van der Waals surface area contributed by atoms with E-state index in [1.54, 1.807) is 42.5 Å². The van der Waals surface area contributed by atoms with Crippen LogP contribution in [0.25, 0.3) is 0 Å². The number of carbonyl (C=O) groups is 1. The van der Waals surface area contributed by atoms with Crippen molar-refractivity contribution in [1.82, 2.24) is 5.32 Å². The van der Waals surface area contributed by atoms with Gasteiger partial charge in [0, 0.05) is 0 Å². The molecule has 3 aromatic rings. The molecule has 0 aliphatic heterocycles. The van der Waals surface area contributed by atoms with Crippen molar-refractivity contribution in [2.75, 3.05) is 10.8 Å². The van der Waals surface area contributed by atoms with Gasteiger partial charge in [-0.1, -0.05) is 75.4 Å². The van der Waals surface area contributed by atoms with Crippen LogP contribution in [-0.2, 0) is 21.2 Å². The predicted molar refractivity (Wildman–Crippen MR) is 134 cm³/mol. The van der Waals surface area contributed by atoms with Crippen molar-refractivity contribution >= 4 is 21.6 Å². The van der Waals surface area contributed by atoms with Crippen molar-refractivity contribution in [3.8, 4) is 0 Å². The molecule has 0 unspecified atom stereocenters. The quantitative estimate of drug-likeness (QED) is 0.458. The molecule has 0 saturated heterocycles. The second-order valence-electron chi connectivity index (χ2n) is 8.46. The molecule has 6 heteroatoms. The largest absolute Gasteiger partial charge is 0.348 e. The monoisotopic (exact) mass is 464 g/mol. The van der Waals surface area contributed by atoms with Gasteiger partial charge in [0.05, 0.1) is 16.6 Å². The second-order valence-corrected chi connectivity index (χ2v) is 10.3. The highest BCUT2D eigenvalue weighted by molar-refractivity contribution is 7.92. The Labute approximate surface area is 197 Å². The molecular weight excluding hydrogens is 432 g/mol. The molecule has 0 fully saturated rings. The molecule has 1 atom stereocenters. The smallest absolute Gasteiger partial charge is 0.264 e. The lowest BCUT2D eigenvalue weighted by atomic mass is 10.0. The van der Waals surface area contributed by atoms with Gasteiger partial charge in [-0.15, -0.1) is 0 Å². The average molecular weight is 465 g/mol. The van der Waals surface area contributed by atoms with Crippen LogP contribution < -0.4 is 9.62 Å². The zero-order chi connectivity index (χ0) is 24.0. The summed E-state index contributed by atoms with van der Waals surface area (Å²) < 4.78 is 28.1. The fourth-order valence-corrected chi connectivity index (χ4v) is 5.05. The molecule has 0 aromatic heterocycles. The van der Waals surface area contributed by atoms with E-state index in [9.17, 15) is 13.2 Å². The Balaban J connectivity index is 1.86. The molecule has 0 bridgehead atoms. The minimum Gasteiger partial charge on any atom is -0.348 e. The molecule has 174 valence electrons. The molecular formula is C27H32N2O3S. The molecule has 0 radical (unpaired) electrons. The number of nitrogens with zero attached hydrogens (tertiary/aromatic N) is 1. The van der Waals surface area contributed by atoms with Gasteiger partial charge in [-0.05, 0) is 60.2 Å².